The summed E-state index contributed by atoms with van der Waals surface area (Å²) in [7, 11) is -0.776. The van der Waals surface area contributed by atoms with Crippen LogP contribution in [0.15, 0.2) is 46.7 Å². The fourth-order valence-electron chi connectivity index (χ4n) is 3.90. The lowest BCUT2D eigenvalue weighted by Gasteiger charge is -2.26. The number of nitrogens with one attached hydrogen (secondary N) is 1. The molecule has 202 valence electrons. The number of carbonyl (C=O) groups excluding carboxylic acids is 2. The summed E-state index contributed by atoms with van der Waals surface area (Å²) < 4.78 is 43.1. The average molecular weight is 580 g/mol. The molecular weight excluding hydrogens is 554 g/mol. The third-order valence-electron chi connectivity index (χ3n) is 5.86. The Kier molecular flexibility index (Phi) is 8.87. The van der Waals surface area contributed by atoms with Gasteiger partial charge in [0.05, 0.1) is 30.5 Å². The van der Waals surface area contributed by atoms with Crippen LogP contribution in [0.5, 0.6) is 11.5 Å². The highest BCUT2D eigenvalue weighted by molar-refractivity contribution is 7.89. The van der Waals surface area contributed by atoms with Crippen LogP contribution >= 0.6 is 22.9 Å². The van der Waals surface area contributed by atoms with Crippen LogP contribution < -0.4 is 14.8 Å². The third kappa shape index (κ3) is 6.26. The fraction of sp³-hybridized carbons (Fsp3) is 0.320. The summed E-state index contributed by atoms with van der Waals surface area (Å²) in [5.74, 6) is -0.318. The molecule has 2 aromatic carbocycles. The van der Waals surface area contributed by atoms with Gasteiger partial charge in [0.15, 0.2) is 23.2 Å². The van der Waals surface area contributed by atoms with Gasteiger partial charge in [-0.3, -0.25) is 10.1 Å². The monoisotopic (exact) mass is 579 g/mol. The van der Waals surface area contributed by atoms with Gasteiger partial charge in [0.25, 0.3) is 5.91 Å². The highest BCUT2D eigenvalue weighted by Crippen LogP contribution is 2.33. The lowest BCUT2D eigenvalue weighted by molar-refractivity contribution is -0.119. The molecule has 3 aromatic rings. The van der Waals surface area contributed by atoms with Crippen molar-refractivity contribution in [1.29, 1.82) is 0 Å². The second kappa shape index (κ2) is 12.1. The molecule has 0 saturated carbocycles. The van der Waals surface area contributed by atoms with E-state index < -0.39 is 28.5 Å². The molecule has 38 heavy (non-hydrogen) atoms. The van der Waals surface area contributed by atoms with Crippen LogP contribution in [-0.4, -0.2) is 63.5 Å². The first kappa shape index (κ1) is 27.8. The number of amides is 1. The number of ether oxygens (including phenoxy) is 3. The maximum atomic E-state index is 13.0. The first-order valence-corrected chi connectivity index (χ1v) is 14.4. The zero-order valence-corrected chi connectivity index (χ0v) is 23.1. The van der Waals surface area contributed by atoms with E-state index in [1.807, 2.05) is 6.07 Å². The molecule has 10 nitrogen and oxygen atoms in total. The smallest absolute Gasteiger partial charge is 0.338 e. The molecule has 0 radical (unpaired) electrons. The number of hydrogen-bond acceptors (Lipinski definition) is 9. The Bertz CT molecular complexity index is 1440. The van der Waals surface area contributed by atoms with Crippen molar-refractivity contribution in [1.82, 2.24) is 9.29 Å². The molecule has 0 aliphatic carbocycles. The van der Waals surface area contributed by atoms with Crippen molar-refractivity contribution < 1.29 is 32.2 Å². The molecule has 1 N–H and O–H groups in total. The first-order chi connectivity index (χ1) is 18.2. The molecule has 0 spiro atoms. The Morgan fingerprint density at radius 3 is 2.50 bits per heavy atom. The van der Waals surface area contributed by atoms with Gasteiger partial charge in [0.2, 0.25) is 10.0 Å². The molecule has 1 aliphatic rings. The SMILES string of the molecule is COc1ccc(-c2csc(NC(=O)COC(=O)c3ccc(Cl)c(S(=O)(=O)N4CCCCC4)c3)n2)cc1OC. The molecule has 1 fully saturated rings. The minimum atomic E-state index is -3.86. The fourth-order valence-corrected chi connectivity index (χ4v) is 6.65. The van der Waals surface area contributed by atoms with Gasteiger partial charge >= 0.3 is 5.97 Å². The maximum Gasteiger partial charge on any atom is 0.338 e. The van der Waals surface area contributed by atoms with E-state index in [1.54, 1.807) is 24.6 Å². The number of nitrogens with zero attached hydrogens (tertiary/aromatic N) is 2. The molecule has 1 amide bonds. The Balaban J connectivity index is 1.38. The van der Waals surface area contributed by atoms with Crippen LogP contribution in [0.4, 0.5) is 5.13 Å². The van der Waals surface area contributed by atoms with Crippen LogP contribution in [0.3, 0.4) is 0 Å². The Labute approximate surface area is 229 Å². The number of rotatable bonds is 9. The zero-order valence-electron chi connectivity index (χ0n) is 20.7. The van der Waals surface area contributed by atoms with Gasteiger partial charge in [-0.15, -0.1) is 11.3 Å². The van der Waals surface area contributed by atoms with Crippen molar-refractivity contribution in [2.75, 3.05) is 39.2 Å². The molecule has 1 aromatic heterocycles. The number of halogens is 1. The molecule has 1 aliphatic heterocycles. The van der Waals surface area contributed by atoms with E-state index in [9.17, 15) is 18.0 Å². The number of benzene rings is 2. The lowest BCUT2D eigenvalue weighted by atomic mass is 10.1. The summed E-state index contributed by atoms with van der Waals surface area (Å²) in [5, 5.41) is 4.68. The van der Waals surface area contributed by atoms with Crippen LogP contribution in [0.2, 0.25) is 5.02 Å². The Hall–Kier alpha value is -3.19. The number of aromatic nitrogens is 1. The summed E-state index contributed by atoms with van der Waals surface area (Å²) in [4.78, 5) is 29.2. The number of sulfonamides is 1. The van der Waals surface area contributed by atoms with Gasteiger partial charge in [-0.25, -0.2) is 18.2 Å². The quantitative estimate of drug-likeness (QED) is 0.369. The molecule has 0 bridgehead atoms. The van der Waals surface area contributed by atoms with E-state index in [0.29, 0.717) is 35.4 Å². The summed E-state index contributed by atoms with van der Waals surface area (Å²) in [5.41, 5.74) is 1.36. The number of methoxy groups -OCH3 is 2. The molecule has 1 saturated heterocycles. The van der Waals surface area contributed by atoms with E-state index in [1.165, 1.54) is 41.0 Å². The second-order valence-electron chi connectivity index (χ2n) is 8.34. The maximum absolute atomic E-state index is 13.0. The summed E-state index contributed by atoms with van der Waals surface area (Å²) in [6.07, 6.45) is 2.50. The molecule has 2 heterocycles. The molecule has 0 atom stereocenters. The van der Waals surface area contributed by atoms with Crippen LogP contribution in [0, 0.1) is 0 Å². The van der Waals surface area contributed by atoms with Crippen LogP contribution in [-0.2, 0) is 19.6 Å². The number of thiazole rings is 1. The molecule has 13 heteroatoms. The van der Waals surface area contributed by atoms with Crippen molar-refractivity contribution in [3.05, 3.63) is 52.4 Å². The van der Waals surface area contributed by atoms with Gasteiger partial charge in [0, 0.05) is 24.0 Å². The number of anilines is 1. The lowest BCUT2D eigenvalue weighted by Crippen LogP contribution is -2.35. The predicted octanol–water partition coefficient (Wildman–Crippen LogP) is 4.45. The largest absolute Gasteiger partial charge is 0.493 e. The third-order valence-corrected chi connectivity index (χ3v) is 9.00. The van der Waals surface area contributed by atoms with Crippen molar-refractivity contribution in [2.45, 2.75) is 24.2 Å². The molecule has 4 rings (SSSR count). The van der Waals surface area contributed by atoms with Crippen LogP contribution in [0.25, 0.3) is 11.3 Å². The first-order valence-electron chi connectivity index (χ1n) is 11.7. The Morgan fingerprint density at radius 1 is 1.05 bits per heavy atom. The minimum Gasteiger partial charge on any atom is -0.493 e. The average Bonchev–Trinajstić information content (AvgIpc) is 3.40. The van der Waals surface area contributed by atoms with Gasteiger partial charge in [-0.2, -0.15) is 4.31 Å². The topological polar surface area (TPSA) is 124 Å². The second-order valence-corrected chi connectivity index (χ2v) is 11.5. The van der Waals surface area contributed by atoms with Crippen molar-refractivity contribution in [2.24, 2.45) is 0 Å². The van der Waals surface area contributed by atoms with Gasteiger partial charge in [-0.1, -0.05) is 18.0 Å². The summed E-state index contributed by atoms with van der Waals surface area (Å²) in [6, 6.07) is 9.21. The van der Waals surface area contributed by atoms with Crippen molar-refractivity contribution in [3.8, 4) is 22.8 Å². The van der Waals surface area contributed by atoms with Crippen LogP contribution in [0.1, 0.15) is 29.6 Å². The predicted molar refractivity (Wildman–Crippen MR) is 144 cm³/mol. The van der Waals surface area contributed by atoms with Gasteiger partial charge < -0.3 is 14.2 Å². The van der Waals surface area contributed by atoms with E-state index in [4.69, 9.17) is 25.8 Å². The van der Waals surface area contributed by atoms with E-state index in [-0.39, 0.29) is 15.5 Å². The summed E-state index contributed by atoms with van der Waals surface area (Å²) >= 11 is 7.36. The van der Waals surface area contributed by atoms with Gasteiger partial charge in [-0.05, 0) is 49.2 Å². The number of esters is 1. The Morgan fingerprint density at radius 2 is 1.79 bits per heavy atom. The highest BCUT2D eigenvalue weighted by Gasteiger charge is 2.29. The van der Waals surface area contributed by atoms with E-state index in [2.05, 4.69) is 10.3 Å². The standard InChI is InChI=1S/C25H26ClN3O7S2/c1-34-20-9-7-16(12-21(20)35-2)19-15-37-25(27-19)28-23(30)14-36-24(31)17-6-8-18(26)22(13-17)38(32,33)29-10-4-3-5-11-29/h6-9,12-13,15H,3-5,10-11,14H2,1-2H3,(H,27,28,30). The van der Waals surface area contributed by atoms with E-state index >= 15 is 0 Å². The number of carbonyl (C=O) groups is 2. The minimum absolute atomic E-state index is 0.0129. The normalized spacial score (nSPS) is 14.1. The number of hydrogen-bond donors (Lipinski definition) is 1. The number of piperidine rings is 1. The van der Waals surface area contributed by atoms with E-state index in [0.717, 1.165) is 24.8 Å². The highest BCUT2D eigenvalue weighted by atomic mass is 35.5. The molecule has 0 unspecified atom stereocenters. The molecular formula is C25H26ClN3O7S2. The van der Waals surface area contributed by atoms with Crippen molar-refractivity contribution >= 4 is 50.0 Å². The summed E-state index contributed by atoms with van der Waals surface area (Å²) in [6.45, 7) is 0.219. The zero-order chi connectivity index (χ0) is 27.3. The van der Waals surface area contributed by atoms with Crippen molar-refractivity contribution in [3.63, 3.8) is 0 Å². The van der Waals surface area contributed by atoms with Gasteiger partial charge in [0.1, 0.15) is 4.90 Å².